The minimum Gasteiger partial charge on any atom is -0.506 e. The number of hydrogen-bond acceptors (Lipinski definition) is 11. The van der Waals surface area contributed by atoms with Crippen molar-refractivity contribution in [3.05, 3.63) is 53.1 Å². The van der Waals surface area contributed by atoms with Crippen LogP contribution in [-0.4, -0.2) is 129 Å². The predicted octanol–water partition coefficient (Wildman–Crippen LogP) is 2.74. The maximum Gasteiger partial charge on any atom is 0.224 e. The average Bonchev–Trinajstić information content (AvgIpc) is 3.04. The van der Waals surface area contributed by atoms with Crippen LogP contribution in [0.3, 0.4) is 0 Å². The highest BCUT2D eigenvalue weighted by atomic mass is 32.2. The number of phenolic OH excluding ortho intramolecular Hbond substituents is 1. The second-order valence-corrected chi connectivity index (χ2v) is 13.2. The molecule has 0 aliphatic carbocycles. The van der Waals surface area contributed by atoms with Gasteiger partial charge in [0.1, 0.15) is 5.75 Å². The van der Waals surface area contributed by atoms with E-state index < -0.39 is 6.10 Å². The van der Waals surface area contributed by atoms with E-state index in [0.29, 0.717) is 54.5 Å². The monoisotopic (exact) mass is 657 g/mol. The summed E-state index contributed by atoms with van der Waals surface area (Å²) in [7, 11) is 5.59. The van der Waals surface area contributed by atoms with Crippen molar-refractivity contribution in [3.8, 4) is 5.75 Å². The first-order chi connectivity index (χ1) is 22.2. The van der Waals surface area contributed by atoms with Crippen molar-refractivity contribution >= 4 is 29.0 Å². The highest BCUT2D eigenvalue weighted by Gasteiger charge is 2.38. The number of benzene rings is 2. The largest absolute Gasteiger partial charge is 0.506 e. The van der Waals surface area contributed by atoms with Gasteiger partial charge in [-0.2, -0.15) is 0 Å². The lowest BCUT2D eigenvalue weighted by atomic mass is 9.89. The third kappa shape index (κ3) is 10.4. The zero-order valence-electron chi connectivity index (χ0n) is 27.5. The minimum absolute atomic E-state index is 0.000190. The molecule has 2 aromatic rings. The van der Waals surface area contributed by atoms with Crippen LogP contribution in [0.5, 0.6) is 5.75 Å². The van der Waals surface area contributed by atoms with Crippen molar-refractivity contribution in [3.63, 3.8) is 0 Å². The molecule has 0 radical (unpaired) electrons. The lowest BCUT2D eigenvalue weighted by molar-refractivity contribution is -0.131. The number of rotatable bonds is 17. The molecular weight excluding hydrogens is 606 g/mol. The van der Waals surface area contributed by atoms with E-state index in [0.717, 1.165) is 70.4 Å². The summed E-state index contributed by atoms with van der Waals surface area (Å²) in [5, 5.41) is 26.8. The molecule has 0 saturated carbocycles. The number of amides is 1. The van der Waals surface area contributed by atoms with Gasteiger partial charge in [0, 0.05) is 71.3 Å². The maximum atomic E-state index is 12.6. The Kier molecular flexibility index (Phi) is 14.1. The molecule has 2 aliphatic heterocycles. The number of nitrogens with zero attached hydrogens (tertiary/aromatic N) is 3. The lowest BCUT2D eigenvalue weighted by Gasteiger charge is -2.46. The smallest absolute Gasteiger partial charge is 0.224 e. The molecular formula is C34H51N5O6S. The van der Waals surface area contributed by atoms with Crippen molar-refractivity contribution < 1.29 is 29.3 Å². The Morgan fingerprint density at radius 2 is 1.98 bits per heavy atom. The normalized spacial score (nSPS) is 17.6. The number of nitrogens with one attached hydrogen (secondary N) is 2. The molecule has 2 heterocycles. The molecule has 1 amide bonds. The standard InChI is InChI=1S/C34H51N5O6S/c1-35-32-29(41)8-7-28(33(32)46-25-40)30(42)22-36-13-16-38(3)31(43)10-19-44-18-9-26-5-4-6-27(21-26)23-39-14-11-34(12-15-39)24-37(2)17-20-45-34/h4-8,21,25,30,35-36,41-42H,9-20,22-24H2,1-3H3. The van der Waals surface area contributed by atoms with Crippen molar-refractivity contribution in [2.75, 3.05) is 92.1 Å². The Bertz CT molecular complexity index is 1270. The topological polar surface area (TPSA) is 127 Å². The van der Waals surface area contributed by atoms with Gasteiger partial charge in [-0.25, -0.2) is 0 Å². The van der Waals surface area contributed by atoms with Gasteiger partial charge in [0.25, 0.3) is 0 Å². The van der Waals surface area contributed by atoms with Crippen molar-refractivity contribution in [2.24, 2.45) is 0 Å². The summed E-state index contributed by atoms with van der Waals surface area (Å²) in [6.45, 7) is 8.09. The number of likely N-dealkylation sites (tertiary alicyclic amines) is 1. The van der Waals surface area contributed by atoms with Crippen LogP contribution in [0, 0.1) is 0 Å². The summed E-state index contributed by atoms with van der Waals surface area (Å²) in [4.78, 5) is 30.8. The molecule has 254 valence electrons. The van der Waals surface area contributed by atoms with Crippen LogP contribution in [-0.2, 0) is 32.0 Å². The number of carbonyl (C=O) groups excluding carboxylic acids is 2. The molecule has 0 bridgehead atoms. The quantitative estimate of drug-likeness (QED) is 0.0869. The Balaban J connectivity index is 1.09. The van der Waals surface area contributed by atoms with E-state index in [9.17, 15) is 19.8 Å². The predicted molar refractivity (Wildman–Crippen MR) is 182 cm³/mol. The first-order valence-electron chi connectivity index (χ1n) is 16.2. The number of ether oxygens (including phenoxy) is 2. The van der Waals surface area contributed by atoms with Gasteiger partial charge >= 0.3 is 0 Å². The number of aliphatic hydroxyl groups excluding tert-OH is 1. The SMILES string of the molecule is CNc1c(O)ccc(C(O)CNCCN(C)C(=O)CCOCCc2cccc(CN3CCC4(CC3)CN(C)CCO4)c2)c1SC=O. The van der Waals surface area contributed by atoms with E-state index in [2.05, 4.69) is 51.7 Å². The van der Waals surface area contributed by atoms with E-state index in [1.807, 2.05) is 0 Å². The number of likely N-dealkylation sites (N-methyl/N-ethyl adjacent to an activating group) is 2. The summed E-state index contributed by atoms with van der Waals surface area (Å²) >= 11 is 0.901. The number of hydrogen-bond donors (Lipinski definition) is 4. The molecule has 46 heavy (non-hydrogen) atoms. The summed E-state index contributed by atoms with van der Waals surface area (Å²) in [6, 6.07) is 11.8. The molecule has 12 heteroatoms. The van der Waals surface area contributed by atoms with E-state index in [4.69, 9.17) is 9.47 Å². The molecule has 0 aromatic heterocycles. The summed E-state index contributed by atoms with van der Waals surface area (Å²) in [5.41, 5.74) is 4.20. The molecule has 2 aliphatic rings. The van der Waals surface area contributed by atoms with E-state index in [-0.39, 0.29) is 23.8 Å². The van der Waals surface area contributed by atoms with E-state index in [1.54, 1.807) is 25.1 Å². The van der Waals surface area contributed by atoms with Gasteiger partial charge in [0.15, 0.2) is 5.62 Å². The summed E-state index contributed by atoms with van der Waals surface area (Å²) < 4.78 is 12.0. The Morgan fingerprint density at radius 1 is 1.20 bits per heavy atom. The molecule has 2 aromatic carbocycles. The molecule has 11 nitrogen and oxygen atoms in total. The lowest BCUT2D eigenvalue weighted by Crippen LogP contribution is -2.55. The second kappa shape index (κ2) is 18.0. The number of piperidine rings is 1. The van der Waals surface area contributed by atoms with Crippen LogP contribution in [0.1, 0.15) is 42.1 Å². The fourth-order valence-corrected chi connectivity index (χ4v) is 6.99. The molecule has 4 N–H and O–H groups in total. The third-order valence-corrected chi connectivity index (χ3v) is 9.70. The second-order valence-electron chi connectivity index (χ2n) is 12.4. The Labute approximate surface area is 277 Å². The van der Waals surface area contributed by atoms with Crippen LogP contribution in [0.25, 0.3) is 0 Å². The van der Waals surface area contributed by atoms with E-state index in [1.165, 1.54) is 17.2 Å². The molecule has 2 fully saturated rings. The number of anilines is 1. The van der Waals surface area contributed by atoms with Crippen LogP contribution >= 0.6 is 11.8 Å². The van der Waals surface area contributed by atoms with Crippen LogP contribution < -0.4 is 10.6 Å². The maximum absolute atomic E-state index is 12.6. The summed E-state index contributed by atoms with van der Waals surface area (Å²) in [6.07, 6.45) is 2.39. The highest BCUT2D eigenvalue weighted by Crippen LogP contribution is 2.39. The van der Waals surface area contributed by atoms with Crippen molar-refractivity contribution in [2.45, 2.75) is 48.8 Å². The first-order valence-corrected chi connectivity index (χ1v) is 17.1. The molecule has 1 atom stereocenters. The number of carbonyl (C=O) groups is 2. The zero-order valence-corrected chi connectivity index (χ0v) is 28.3. The summed E-state index contributed by atoms with van der Waals surface area (Å²) in [5.74, 6) is 0.00850. The van der Waals surface area contributed by atoms with Crippen molar-refractivity contribution in [1.29, 1.82) is 0 Å². The van der Waals surface area contributed by atoms with Gasteiger partial charge in [-0.3, -0.25) is 14.5 Å². The zero-order chi connectivity index (χ0) is 32.9. The molecule has 2 saturated heterocycles. The molecule has 1 spiro atoms. The average molecular weight is 658 g/mol. The fourth-order valence-electron chi connectivity index (χ4n) is 6.23. The van der Waals surface area contributed by atoms with Gasteiger partial charge in [0.2, 0.25) is 5.91 Å². The van der Waals surface area contributed by atoms with Gasteiger partial charge in [-0.05, 0) is 49.1 Å². The third-order valence-electron chi connectivity index (χ3n) is 8.93. The van der Waals surface area contributed by atoms with Crippen LogP contribution in [0.15, 0.2) is 41.3 Å². The fraction of sp³-hybridized carbons (Fsp3) is 0.588. The molecule has 4 rings (SSSR count). The minimum atomic E-state index is -0.888. The van der Waals surface area contributed by atoms with E-state index >= 15 is 0 Å². The number of phenols is 1. The Morgan fingerprint density at radius 3 is 2.72 bits per heavy atom. The van der Waals surface area contributed by atoms with Crippen LogP contribution in [0.4, 0.5) is 5.69 Å². The van der Waals surface area contributed by atoms with Gasteiger partial charge in [-0.1, -0.05) is 42.1 Å². The van der Waals surface area contributed by atoms with Crippen LogP contribution in [0.2, 0.25) is 0 Å². The first kappa shape index (κ1) is 36.1. The Hall–Kier alpha value is -2.71. The molecule has 1 unspecified atom stereocenters. The highest BCUT2D eigenvalue weighted by molar-refractivity contribution is 8.12. The van der Waals surface area contributed by atoms with Gasteiger partial charge < -0.3 is 40.1 Å². The number of aromatic hydroxyl groups is 1. The number of aliphatic hydroxyl groups is 1. The number of morpholine rings is 1. The number of thioether (sulfide) groups is 1. The van der Waals surface area contributed by atoms with Gasteiger partial charge in [-0.15, -0.1) is 0 Å². The van der Waals surface area contributed by atoms with Crippen molar-refractivity contribution in [1.82, 2.24) is 20.0 Å². The van der Waals surface area contributed by atoms with Gasteiger partial charge in [0.05, 0.1) is 43.6 Å².